The summed E-state index contributed by atoms with van der Waals surface area (Å²) in [5.74, 6) is -0.339. The van der Waals surface area contributed by atoms with Crippen LogP contribution in [0.15, 0.2) is 41.1 Å². The molecule has 3 rings (SSSR count). The van der Waals surface area contributed by atoms with E-state index in [4.69, 9.17) is 0 Å². The van der Waals surface area contributed by atoms with Gasteiger partial charge in [-0.3, -0.25) is 9.59 Å². The van der Waals surface area contributed by atoms with Crippen molar-refractivity contribution in [1.82, 2.24) is 20.4 Å². The molecule has 1 unspecified atom stereocenters. The fraction of sp³-hybridized carbons (Fsp3) is 0.312. The third-order valence-electron chi connectivity index (χ3n) is 3.79. The molecule has 0 bridgehead atoms. The highest BCUT2D eigenvalue weighted by Gasteiger charge is 2.22. The molecule has 0 radical (unpaired) electrons. The van der Waals surface area contributed by atoms with Crippen LogP contribution in [0.5, 0.6) is 0 Å². The maximum absolute atomic E-state index is 12.3. The first-order valence-corrected chi connectivity index (χ1v) is 8.32. The van der Waals surface area contributed by atoms with Gasteiger partial charge in [-0.2, -0.15) is 5.10 Å². The molecule has 1 atom stereocenters. The van der Waals surface area contributed by atoms with E-state index in [2.05, 4.69) is 31.7 Å². The fourth-order valence-corrected chi connectivity index (χ4v) is 2.81. The second-order valence-corrected chi connectivity index (χ2v) is 6.38. The lowest BCUT2D eigenvalue weighted by Gasteiger charge is -2.15. The number of aromatic nitrogens is 2. The van der Waals surface area contributed by atoms with E-state index in [1.807, 2.05) is 18.3 Å². The van der Waals surface area contributed by atoms with Crippen molar-refractivity contribution in [3.63, 3.8) is 0 Å². The van der Waals surface area contributed by atoms with Gasteiger partial charge in [-0.05, 0) is 59.5 Å². The quantitative estimate of drug-likeness (QED) is 0.860. The molecule has 2 amide bonds. The van der Waals surface area contributed by atoms with E-state index in [0.717, 1.165) is 23.0 Å². The smallest absolute Gasteiger partial charge is 0.251 e. The Bertz CT molecular complexity index is 711. The Balaban J connectivity index is 1.69. The first-order valence-electron chi connectivity index (χ1n) is 7.53. The highest BCUT2D eigenvalue weighted by Crippen LogP contribution is 2.14. The number of benzene rings is 1. The van der Waals surface area contributed by atoms with Crippen LogP contribution in [0.4, 0.5) is 0 Å². The Morgan fingerprint density at radius 2 is 2.09 bits per heavy atom. The third-order valence-corrected chi connectivity index (χ3v) is 4.20. The number of hydrogen-bond donors (Lipinski definition) is 2. The zero-order chi connectivity index (χ0) is 16.2. The summed E-state index contributed by atoms with van der Waals surface area (Å²) in [5.41, 5.74) is 1.39. The van der Waals surface area contributed by atoms with Crippen molar-refractivity contribution in [2.24, 2.45) is 0 Å². The minimum atomic E-state index is -0.452. The summed E-state index contributed by atoms with van der Waals surface area (Å²) in [6, 6.07) is 6.65. The van der Waals surface area contributed by atoms with Crippen molar-refractivity contribution >= 4 is 27.7 Å². The van der Waals surface area contributed by atoms with Gasteiger partial charge in [-0.25, -0.2) is 4.68 Å². The van der Waals surface area contributed by atoms with Gasteiger partial charge in [0.05, 0.1) is 16.4 Å². The van der Waals surface area contributed by atoms with Gasteiger partial charge in [-0.15, -0.1) is 0 Å². The largest absolute Gasteiger partial charge is 0.354 e. The number of carbonyl (C=O) groups is 2. The molecule has 0 spiro atoms. The second kappa shape index (κ2) is 6.95. The lowest BCUT2D eigenvalue weighted by molar-refractivity contribution is -0.122. The lowest BCUT2D eigenvalue weighted by Crippen LogP contribution is -2.45. The molecular formula is C16H17BrN4O2. The van der Waals surface area contributed by atoms with E-state index in [0.29, 0.717) is 18.5 Å². The van der Waals surface area contributed by atoms with E-state index < -0.39 is 6.04 Å². The minimum Gasteiger partial charge on any atom is -0.354 e. The van der Waals surface area contributed by atoms with Crippen LogP contribution in [0.2, 0.25) is 0 Å². The van der Waals surface area contributed by atoms with Crippen LogP contribution in [0.3, 0.4) is 0 Å². The molecule has 120 valence electrons. The molecule has 0 aliphatic carbocycles. The number of halogens is 1. The zero-order valence-corrected chi connectivity index (χ0v) is 14.0. The van der Waals surface area contributed by atoms with Crippen molar-refractivity contribution in [2.75, 3.05) is 6.54 Å². The predicted octanol–water partition coefficient (Wildman–Crippen LogP) is 2.03. The van der Waals surface area contributed by atoms with Gasteiger partial charge in [-0.1, -0.05) is 0 Å². The van der Waals surface area contributed by atoms with Crippen molar-refractivity contribution in [3.8, 4) is 5.69 Å². The first kappa shape index (κ1) is 15.7. The molecule has 23 heavy (non-hydrogen) atoms. The van der Waals surface area contributed by atoms with Gasteiger partial charge < -0.3 is 10.6 Å². The number of nitrogens with zero attached hydrogens (tertiary/aromatic N) is 2. The lowest BCUT2D eigenvalue weighted by atomic mass is 10.1. The molecule has 2 heterocycles. The van der Waals surface area contributed by atoms with E-state index in [-0.39, 0.29) is 11.8 Å². The normalized spacial score (nSPS) is 18.1. The maximum atomic E-state index is 12.3. The van der Waals surface area contributed by atoms with Crippen LogP contribution in [-0.2, 0) is 4.79 Å². The Kier molecular flexibility index (Phi) is 4.76. The molecule has 6 nitrogen and oxygen atoms in total. The van der Waals surface area contributed by atoms with Crippen molar-refractivity contribution in [1.29, 1.82) is 0 Å². The Morgan fingerprint density at radius 1 is 1.30 bits per heavy atom. The summed E-state index contributed by atoms with van der Waals surface area (Å²) in [6.45, 7) is 0.680. The maximum Gasteiger partial charge on any atom is 0.251 e. The number of nitrogens with one attached hydrogen (secondary N) is 2. The molecule has 1 aliphatic rings. The fourth-order valence-electron chi connectivity index (χ4n) is 2.53. The number of hydrogen-bond acceptors (Lipinski definition) is 3. The SMILES string of the molecule is O=C(NC1CCCCNC1=O)c1ccc(-n2cc(Br)cn2)cc1. The average Bonchev–Trinajstić information content (AvgIpc) is 2.89. The number of amides is 2. The topological polar surface area (TPSA) is 76.0 Å². The van der Waals surface area contributed by atoms with Crippen molar-refractivity contribution in [2.45, 2.75) is 25.3 Å². The van der Waals surface area contributed by atoms with Gasteiger partial charge in [0.25, 0.3) is 5.91 Å². The van der Waals surface area contributed by atoms with Crippen LogP contribution >= 0.6 is 15.9 Å². The second-order valence-electron chi connectivity index (χ2n) is 5.46. The number of rotatable bonds is 3. The highest BCUT2D eigenvalue weighted by atomic mass is 79.9. The molecule has 1 saturated heterocycles. The summed E-state index contributed by atoms with van der Waals surface area (Å²) < 4.78 is 2.60. The average molecular weight is 377 g/mol. The van der Waals surface area contributed by atoms with Crippen molar-refractivity contribution in [3.05, 3.63) is 46.7 Å². The monoisotopic (exact) mass is 376 g/mol. The van der Waals surface area contributed by atoms with Gasteiger partial charge in [0.15, 0.2) is 0 Å². The summed E-state index contributed by atoms with van der Waals surface area (Å²) >= 11 is 3.35. The standard InChI is InChI=1S/C16H17BrN4O2/c17-12-9-19-21(10-12)13-6-4-11(5-7-13)15(22)20-14-3-1-2-8-18-16(14)23/h4-7,9-10,14H,1-3,8H2,(H,18,23)(H,20,22). The van der Waals surface area contributed by atoms with Gasteiger partial charge in [0, 0.05) is 18.3 Å². The van der Waals surface area contributed by atoms with Crippen molar-refractivity contribution < 1.29 is 9.59 Å². The summed E-state index contributed by atoms with van der Waals surface area (Å²) in [6.07, 6.45) is 6.09. The van der Waals surface area contributed by atoms with E-state index in [1.165, 1.54) is 0 Å². The molecule has 0 saturated carbocycles. The molecule has 7 heteroatoms. The molecule has 1 fully saturated rings. The van der Waals surface area contributed by atoms with E-state index in [9.17, 15) is 9.59 Å². The predicted molar refractivity (Wildman–Crippen MR) is 89.4 cm³/mol. The van der Waals surface area contributed by atoms with E-state index in [1.54, 1.807) is 23.0 Å². The van der Waals surface area contributed by atoms with Crippen LogP contribution in [-0.4, -0.2) is 34.2 Å². The Labute approximate surface area is 142 Å². The van der Waals surface area contributed by atoms with Crippen LogP contribution in [0, 0.1) is 0 Å². The first-order chi connectivity index (χ1) is 11.1. The summed E-state index contributed by atoms with van der Waals surface area (Å²) in [4.78, 5) is 24.2. The Hall–Kier alpha value is -2.15. The molecule has 1 aromatic carbocycles. The zero-order valence-electron chi connectivity index (χ0n) is 12.5. The highest BCUT2D eigenvalue weighted by molar-refractivity contribution is 9.10. The molecular weight excluding hydrogens is 360 g/mol. The van der Waals surface area contributed by atoms with Crippen LogP contribution < -0.4 is 10.6 Å². The summed E-state index contributed by atoms with van der Waals surface area (Å²) in [5, 5.41) is 9.81. The minimum absolute atomic E-state index is 0.103. The third kappa shape index (κ3) is 3.79. The van der Waals surface area contributed by atoms with Crippen LogP contribution in [0.1, 0.15) is 29.6 Å². The van der Waals surface area contributed by atoms with E-state index >= 15 is 0 Å². The molecule has 1 aromatic heterocycles. The molecule has 2 aromatic rings. The molecule has 1 aliphatic heterocycles. The summed E-state index contributed by atoms with van der Waals surface area (Å²) in [7, 11) is 0. The molecule has 2 N–H and O–H groups in total. The number of carbonyl (C=O) groups excluding carboxylic acids is 2. The Morgan fingerprint density at radius 3 is 2.78 bits per heavy atom. The van der Waals surface area contributed by atoms with Crippen LogP contribution in [0.25, 0.3) is 5.69 Å². The van der Waals surface area contributed by atoms with Gasteiger partial charge in [0.2, 0.25) is 5.91 Å². The van der Waals surface area contributed by atoms with Gasteiger partial charge >= 0.3 is 0 Å². The van der Waals surface area contributed by atoms with Gasteiger partial charge in [0.1, 0.15) is 6.04 Å².